The van der Waals surface area contributed by atoms with Gasteiger partial charge in [-0.15, -0.1) is 0 Å². The Morgan fingerprint density at radius 2 is 0.735 bits per heavy atom. The fraction of sp³-hybridized carbons (Fsp3) is 0. The fourth-order valence-corrected chi connectivity index (χ4v) is 9.70. The van der Waals surface area contributed by atoms with E-state index in [0.717, 1.165) is 99.6 Å². The molecular formula is C61H35N7. The molecule has 7 nitrogen and oxygen atoms in total. The van der Waals surface area contributed by atoms with Crippen molar-refractivity contribution in [3.8, 4) is 85.7 Å². The number of hydrogen-bond donors (Lipinski definition) is 0. The van der Waals surface area contributed by atoms with Gasteiger partial charge in [-0.05, 0) is 101 Å². The largest absolute Gasteiger partial charge is 0.308 e. The highest BCUT2D eigenvalue weighted by Crippen LogP contribution is 2.44. The number of benzene rings is 9. The van der Waals surface area contributed by atoms with Crippen molar-refractivity contribution in [3.63, 3.8) is 0 Å². The van der Waals surface area contributed by atoms with Gasteiger partial charge < -0.3 is 9.13 Å². The minimum Gasteiger partial charge on any atom is -0.308 e. The van der Waals surface area contributed by atoms with Crippen LogP contribution in [0, 0.1) is 34.0 Å². The van der Waals surface area contributed by atoms with Crippen LogP contribution in [0.2, 0.25) is 0 Å². The van der Waals surface area contributed by atoms with E-state index in [1.807, 2.05) is 121 Å². The summed E-state index contributed by atoms with van der Waals surface area (Å²) in [4.78, 5) is 10.7. The third-order valence-electron chi connectivity index (χ3n) is 12.8. The number of fused-ring (bicyclic) bond motifs is 6. The quantitative estimate of drug-likeness (QED) is 0.159. The average molecular weight is 866 g/mol. The second-order valence-electron chi connectivity index (χ2n) is 16.7. The normalized spacial score (nSPS) is 11.2. The van der Waals surface area contributed by atoms with Crippen LogP contribution in [0.4, 0.5) is 0 Å². The second-order valence-corrected chi connectivity index (χ2v) is 16.7. The summed E-state index contributed by atoms with van der Waals surface area (Å²) in [6.45, 7) is 0. The summed E-state index contributed by atoms with van der Waals surface area (Å²) in [7, 11) is 0. The van der Waals surface area contributed by atoms with Crippen LogP contribution in [-0.2, 0) is 0 Å². The molecule has 0 unspecified atom stereocenters. The molecule has 0 aliphatic heterocycles. The number of aromatic nitrogens is 4. The van der Waals surface area contributed by atoms with Gasteiger partial charge in [0.25, 0.3) is 0 Å². The van der Waals surface area contributed by atoms with E-state index < -0.39 is 0 Å². The molecule has 0 saturated heterocycles. The number of rotatable bonds is 7. The SMILES string of the molecule is N#Cc1cccc(-c2ccc3c(c2)c2ccccc2n3-c2cc(C#N)cc(-n3c4ccccc4c4cc(-c5cccc(C#N)c5)ccc43)c2-c2cc(-c3ccccc3)nc(-c3ccccc3)n2)c1. The molecule has 0 bridgehead atoms. The van der Waals surface area contributed by atoms with Crippen LogP contribution < -0.4 is 0 Å². The van der Waals surface area contributed by atoms with Crippen LogP contribution in [0.25, 0.3) is 111 Å². The third-order valence-corrected chi connectivity index (χ3v) is 12.8. The smallest absolute Gasteiger partial charge is 0.160 e. The van der Waals surface area contributed by atoms with Crippen molar-refractivity contribution in [1.29, 1.82) is 15.8 Å². The standard InChI is InChI=1S/C61H35N7/c62-36-39-13-11-19-44(29-39)46-25-27-56-50(33-46)48-21-7-9-23-54(48)67(56)58-31-41(38-64)32-59(60(58)53-35-52(42-15-3-1-4-16-42)65-61(66-53)43-17-5-2-6-18-43)68-55-24-10-8-22-49(55)51-34-47(26-28-57(51)68)45-20-12-14-40(30-45)37-63/h1-35H. The predicted octanol–water partition coefficient (Wildman–Crippen LogP) is 14.6. The zero-order valence-electron chi connectivity index (χ0n) is 36.3. The van der Waals surface area contributed by atoms with E-state index >= 15 is 0 Å². The number of hydrogen-bond acceptors (Lipinski definition) is 5. The van der Waals surface area contributed by atoms with Gasteiger partial charge in [-0.1, -0.05) is 133 Å². The van der Waals surface area contributed by atoms with E-state index in [2.05, 4.69) is 118 Å². The van der Waals surface area contributed by atoms with Crippen molar-refractivity contribution >= 4 is 43.6 Å². The number of nitrogens with zero attached hydrogens (tertiary/aromatic N) is 7. The summed E-state index contributed by atoms with van der Waals surface area (Å²) in [5.41, 5.74) is 15.0. The van der Waals surface area contributed by atoms with Crippen LogP contribution in [0.3, 0.4) is 0 Å². The number of nitriles is 3. The third kappa shape index (κ3) is 6.65. The molecule has 0 spiro atoms. The van der Waals surface area contributed by atoms with Crippen molar-refractivity contribution in [3.05, 3.63) is 229 Å². The first-order valence-corrected chi connectivity index (χ1v) is 22.2. The molecule has 9 aromatic carbocycles. The summed E-state index contributed by atoms with van der Waals surface area (Å²) in [5, 5.41) is 34.7. The van der Waals surface area contributed by atoms with Gasteiger partial charge in [0.15, 0.2) is 5.82 Å². The van der Waals surface area contributed by atoms with Crippen LogP contribution in [-0.4, -0.2) is 19.1 Å². The lowest BCUT2D eigenvalue weighted by Crippen LogP contribution is -2.07. The highest BCUT2D eigenvalue weighted by Gasteiger charge is 2.26. The molecule has 0 atom stereocenters. The van der Waals surface area contributed by atoms with E-state index in [1.54, 1.807) is 0 Å². The molecule has 314 valence electrons. The highest BCUT2D eigenvalue weighted by atomic mass is 15.0. The maximum absolute atomic E-state index is 11.1. The van der Waals surface area contributed by atoms with Crippen LogP contribution in [0.5, 0.6) is 0 Å². The Morgan fingerprint density at radius 1 is 0.309 bits per heavy atom. The zero-order valence-corrected chi connectivity index (χ0v) is 36.3. The molecule has 0 aliphatic rings. The van der Waals surface area contributed by atoms with Gasteiger partial charge in [-0.25, -0.2) is 9.97 Å². The van der Waals surface area contributed by atoms with Crippen molar-refractivity contribution in [1.82, 2.24) is 19.1 Å². The fourth-order valence-electron chi connectivity index (χ4n) is 9.70. The Balaban J connectivity index is 1.22. The lowest BCUT2D eigenvalue weighted by molar-refractivity contribution is 1.11. The van der Waals surface area contributed by atoms with Crippen LogP contribution in [0.15, 0.2) is 212 Å². The second kappa shape index (κ2) is 16.3. The van der Waals surface area contributed by atoms with Gasteiger partial charge >= 0.3 is 0 Å². The van der Waals surface area contributed by atoms with Crippen molar-refractivity contribution in [2.45, 2.75) is 0 Å². The van der Waals surface area contributed by atoms with Gasteiger partial charge in [0.05, 0.1) is 79.7 Å². The van der Waals surface area contributed by atoms with E-state index in [4.69, 9.17) is 9.97 Å². The Hall–Kier alpha value is -9.87. The molecule has 0 radical (unpaired) electrons. The summed E-state index contributed by atoms with van der Waals surface area (Å²) >= 11 is 0. The maximum Gasteiger partial charge on any atom is 0.160 e. The molecule has 0 fully saturated rings. The van der Waals surface area contributed by atoms with Gasteiger partial charge in [0.2, 0.25) is 0 Å². The van der Waals surface area contributed by atoms with E-state index in [9.17, 15) is 15.8 Å². The summed E-state index contributed by atoms with van der Waals surface area (Å²) in [5.74, 6) is 0.570. The van der Waals surface area contributed by atoms with E-state index in [0.29, 0.717) is 28.2 Å². The molecule has 3 heterocycles. The highest BCUT2D eigenvalue weighted by molar-refractivity contribution is 6.13. The maximum atomic E-state index is 11.1. The molecular weight excluding hydrogens is 831 g/mol. The molecule has 0 amide bonds. The first-order valence-electron chi connectivity index (χ1n) is 22.2. The zero-order chi connectivity index (χ0) is 45.7. The van der Waals surface area contributed by atoms with Gasteiger partial charge in [-0.3, -0.25) is 0 Å². The topological polar surface area (TPSA) is 107 Å². The summed E-state index contributed by atoms with van der Waals surface area (Å²) < 4.78 is 4.53. The molecule has 3 aromatic heterocycles. The van der Waals surface area contributed by atoms with Crippen molar-refractivity contribution < 1.29 is 0 Å². The molecule has 68 heavy (non-hydrogen) atoms. The van der Waals surface area contributed by atoms with Crippen LogP contribution >= 0.6 is 0 Å². The Labute approximate surface area is 391 Å². The Bertz CT molecular complexity index is 3870. The van der Waals surface area contributed by atoms with Gasteiger partial charge in [0.1, 0.15) is 0 Å². The molecule has 7 heteroatoms. The molecule has 12 rings (SSSR count). The first kappa shape index (κ1) is 39.7. The lowest BCUT2D eigenvalue weighted by atomic mass is 9.99. The lowest BCUT2D eigenvalue weighted by Gasteiger charge is -2.21. The minimum atomic E-state index is 0.478. The van der Waals surface area contributed by atoms with E-state index in [-0.39, 0.29) is 0 Å². The molecule has 0 saturated carbocycles. The monoisotopic (exact) mass is 865 g/mol. The molecule has 12 aromatic rings. The van der Waals surface area contributed by atoms with Crippen molar-refractivity contribution in [2.75, 3.05) is 0 Å². The summed E-state index contributed by atoms with van der Waals surface area (Å²) in [6.07, 6.45) is 0. The average Bonchev–Trinajstić information content (AvgIpc) is 3.93. The number of para-hydroxylation sites is 2. The molecule has 0 aliphatic carbocycles. The van der Waals surface area contributed by atoms with Crippen LogP contribution in [0.1, 0.15) is 16.7 Å². The molecule has 0 N–H and O–H groups in total. The predicted molar refractivity (Wildman–Crippen MR) is 272 cm³/mol. The van der Waals surface area contributed by atoms with E-state index in [1.165, 1.54) is 0 Å². The van der Waals surface area contributed by atoms with Gasteiger partial charge in [-0.2, -0.15) is 15.8 Å². The summed E-state index contributed by atoms with van der Waals surface area (Å²) in [6, 6.07) is 78.4. The van der Waals surface area contributed by atoms with Gasteiger partial charge in [0, 0.05) is 38.2 Å². The van der Waals surface area contributed by atoms with Crippen molar-refractivity contribution in [2.24, 2.45) is 0 Å². The minimum absolute atomic E-state index is 0.478. The Kier molecular flexibility index (Phi) is 9.51. The Morgan fingerprint density at radius 3 is 1.25 bits per heavy atom. The first-order chi connectivity index (χ1) is 33.6.